The van der Waals surface area contributed by atoms with Crippen LogP contribution in [-0.4, -0.2) is 31.3 Å². The van der Waals surface area contributed by atoms with Crippen molar-refractivity contribution in [2.75, 3.05) is 19.5 Å². The van der Waals surface area contributed by atoms with Gasteiger partial charge in [0, 0.05) is 17.2 Å². The Morgan fingerprint density at radius 2 is 1.78 bits per heavy atom. The monoisotopic (exact) mass is 387 g/mol. The molecule has 6 heteroatoms. The van der Waals surface area contributed by atoms with Crippen molar-refractivity contribution in [1.82, 2.24) is 5.32 Å². The first-order chi connectivity index (χ1) is 13.0. The molecule has 0 spiro atoms. The third kappa shape index (κ3) is 7.35. The highest BCUT2D eigenvalue weighted by molar-refractivity contribution is 7.99. The van der Waals surface area contributed by atoms with Gasteiger partial charge >= 0.3 is 5.97 Å². The average molecular weight is 388 g/mol. The van der Waals surface area contributed by atoms with Crippen molar-refractivity contribution in [2.24, 2.45) is 0 Å². The van der Waals surface area contributed by atoms with Crippen LogP contribution in [0.5, 0.6) is 5.75 Å². The van der Waals surface area contributed by atoms with Crippen molar-refractivity contribution >= 4 is 23.6 Å². The van der Waals surface area contributed by atoms with E-state index in [1.165, 1.54) is 11.1 Å². The predicted octanol–water partition coefficient (Wildman–Crippen LogP) is 3.65. The summed E-state index contributed by atoms with van der Waals surface area (Å²) in [6.45, 7) is 4.26. The Bertz CT molecular complexity index is 774. The molecule has 2 rings (SSSR count). The minimum absolute atomic E-state index is 0.261. The highest BCUT2D eigenvalue weighted by Crippen LogP contribution is 2.21. The molecule has 0 saturated carbocycles. The Kier molecular flexibility index (Phi) is 8.20. The second-order valence-corrected chi connectivity index (χ2v) is 7.30. The number of benzene rings is 2. The van der Waals surface area contributed by atoms with E-state index in [-0.39, 0.29) is 24.9 Å². The molecule has 27 heavy (non-hydrogen) atoms. The minimum Gasteiger partial charge on any atom is -0.497 e. The van der Waals surface area contributed by atoms with E-state index >= 15 is 0 Å². The molecule has 0 radical (unpaired) electrons. The predicted molar refractivity (Wildman–Crippen MR) is 107 cm³/mol. The number of hydrogen-bond acceptors (Lipinski definition) is 5. The smallest absolute Gasteiger partial charge is 0.307 e. The second-order valence-electron chi connectivity index (χ2n) is 6.13. The average Bonchev–Trinajstić information content (AvgIpc) is 2.68. The van der Waals surface area contributed by atoms with Crippen molar-refractivity contribution in [3.63, 3.8) is 0 Å². The number of hydrogen-bond donors (Lipinski definition) is 1. The summed E-state index contributed by atoms with van der Waals surface area (Å²) in [5.74, 6) is 0.694. The van der Waals surface area contributed by atoms with Gasteiger partial charge in [-0.1, -0.05) is 18.2 Å². The number of thioether (sulfide) groups is 1. The molecule has 2 aromatic rings. The van der Waals surface area contributed by atoms with Crippen LogP contribution in [0.15, 0.2) is 47.4 Å². The lowest BCUT2D eigenvalue weighted by Crippen LogP contribution is -2.28. The summed E-state index contributed by atoms with van der Waals surface area (Å²) in [4.78, 5) is 24.7. The second kappa shape index (κ2) is 10.6. The van der Waals surface area contributed by atoms with Gasteiger partial charge in [0.05, 0.1) is 13.5 Å². The topological polar surface area (TPSA) is 64.6 Å². The summed E-state index contributed by atoms with van der Waals surface area (Å²) < 4.78 is 10.1. The summed E-state index contributed by atoms with van der Waals surface area (Å²) in [6, 6.07) is 13.6. The summed E-state index contributed by atoms with van der Waals surface area (Å²) in [6.07, 6.45) is 0.267. The molecule has 2 aromatic carbocycles. The van der Waals surface area contributed by atoms with E-state index in [0.717, 1.165) is 16.2 Å². The number of nitrogens with one attached hydrogen (secondary N) is 1. The van der Waals surface area contributed by atoms with Crippen molar-refractivity contribution < 1.29 is 19.1 Å². The Morgan fingerprint density at radius 1 is 1.04 bits per heavy atom. The standard InChI is InChI=1S/C21H25NO4S/c1-15-4-9-19(12-16(15)2)27-11-10-21(24)26-14-20(23)22-13-17-5-7-18(25-3)8-6-17/h4-9,12H,10-11,13-14H2,1-3H3,(H,22,23). The van der Waals surface area contributed by atoms with Crippen molar-refractivity contribution in [2.45, 2.75) is 31.7 Å². The number of aryl methyl sites for hydroxylation is 2. The molecule has 0 atom stereocenters. The molecule has 0 aliphatic carbocycles. The van der Waals surface area contributed by atoms with E-state index in [1.54, 1.807) is 18.9 Å². The van der Waals surface area contributed by atoms with E-state index in [4.69, 9.17) is 9.47 Å². The number of rotatable bonds is 9. The Labute approximate surface area is 164 Å². The largest absolute Gasteiger partial charge is 0.497 e. The fourth-order valence-electron chi connectivity index (χ4n) is 2.27. The molecular formula is C21H25NO4S. The number of amides is 1. The van der Waals surface area contributed by atoms with Crippen LogP contribution in [0, 0.1) is 13.8 Å². The first kappa shape index (κ1) is 20.8. The van der Waals surface area contributed by atoms with E-state index in [9.17, 15) is 9.59 Å². The fourth-order valence-corrected chi connectivity index (χ4v) is 3.20. The van der Waals surface area contributed by atoms with Gasteiger partial charge in [-0.25, -0.2) is 0 Å². The van der Waals surface area contributed by atoms with Gasteiger partial charge in [0.2, 0.25) is 0 Å². The van der Waals surface area contributed by atoms with Crippen LogP contribution in [0.1, 0.15) is 23.1 Å². The van der Waals surface area contributed by atoms with Crippen LogP contribution in [0.25, 0.3) is 0 Å². The zero-order valence-electron chi connectivity index (χ0n) is 15.9. The molecule has 0 heterocycles. The van der Waals surface area contributed by atoms with Crippen molar-refractivity contribution in [3.05, 3.63) is 59.2 Å². The fraction of sp³-hybridized carbons (Fsp3) is 0.333. The molecule has 0 unspecified atom stereocenters. The van der Waals surface area contributed by atoms with Crippen LogP contribution < -0.4 is 10.1 Å². The zero-order chi connectivity index (χ0) is 19.6. The maximum Gasteiger partial charge on any atom is 0.307 e. The quantitative estimate of drug-likeness (QED) is 0.526. The number of ether oxygens (including phenoxy) is 2. The minimum atomic E-state index is -0.370. The number of methoxy groups -OCH3 is 1. The number of carbonyl (C=O) groups is 2. The summed E-state index contributed by atoms with van der Waals surface area (Å²) in [7, 11) is 1.60. The van der Waals surface area contributed by atoms with Gasteiger partial charge in [-0.05, 0) is 54.8 Å². The van der Waals surface area contributed by atoms with E-state index < -0.39 is 0 Å². The highest BCUT2D eigenvalue weighted by Gasteiger charge is 2.08. The number of esters is 1. The lowest BCUT2D eigenvalue weighted by atomic mass is 10.1. The first-order valence-electron chi connectivity index (χ1n) is 8.73. The molecule has 144 valence electrons. The molecule has 0 fully saturated rings. The molecule has 1 N–H and O–H groups in total. The van der Waals surface area contributed by atoms with Gasteiger partial charge in [-0.2, -0.15) is 0 Å². The third-order valence-electron chi connectivity index (χ3n) is 4.07. The molecular weight excluding hydrogens is 362 g/mol. The molecule has 0 saturated heterocycles. The summed E-state index contributed by atoms with van der Waals surface area (Å²) >= 11 is 1.60. The maximum absolute atomic E-state index is 11.8. The third-order valence-corrected chi connectivity index (χ3v) is 5.06. The molecule has 0 bridgehead atoms. The molecule has 0 aromatic heterocycles. The lowest BCUT2D eigenvalue weighted by molar-refractivity contribution is -0.148. The summed E-state index contributed by atoms with van der Waals surface area (Å²) in [5.41, 5.74) is 3.43. The van der Waals surface area contributed by atoms with E-state index in [0.29, 0.717) is 12.3 Å². The first-order valence-corrected chi connectivity index (χ1v) is 9.72. The van der Waals surface area contributed by atoms with E-state index in [2.05, 4.69) is 31.3 Å². The highest BCUT2D eigenvalue weighted by atomic mass is 32.2. The number of carbonyl (C=O) groups excluding carboxylic acids is 2. The van der Waals surface area contributed by atoms with Crippen LogP contribution in [-0.2, 0) is 20.9 Å². The Balaban J connectivity index is 1.62. The van der Waals surface area contributed by atoms with Gasteiger partial charge in [-0.3, -0.25) is 9.59 Å². The summed E-state index contributed by atoms with van der Waals surface area (Å²) in [5, 5.41) is 2.72. The normalized spacial score (nSPS) is 10.3. The van der Waals surface area contributed by atoms with Crippen LogP contribution >= 0.6 is 11.8 Å². The molecule has 0 aliphatic heterocycles. The maximum atomic E-state index is 11.8. The molecule has 5 nitrogen and oxygen atoms in total. The van der Waals surface area contributed by atoms with Crippen molar-refractivity contribution in [1.29, 1.82) is 0 Å². The SMILES string of the molecule is COc1ccc(CNC(=O)COC(=O)CCSc2ccc(C)c(C)c2)cc1. The van der Waals surface area contributed by atoms with Gasteiger partial charge in [0.25, 0.3) is 5.91 Å². The Hall–Kier alpha value is -2.47. The molecule has 0 aliphatic rings. The van der Waals surface area contributed by atoms with Crippen LogP contribution in [0.2, 0.25) is 0 Å². The molecule has 1 amide bonds. The van der Waals surface area contributed by atoms with Gasteiger partial charge < -0.3 is 14.8 Å². The van der Waals surface area contributed by atoms with Gasteiger partial charge in [0.15, 0.2) is 6.61 Å². The van der Waals surface area contributed by atoms with Crippen molar-refractivity contribution in [3.8, 4) is 5.75 Å². The van der Waals surface area contributed by atoms with Gasteiger partial charge in [0.1, 0.15) is 5.75 Å². The van der Waals surface area contributed by atoms with Gasteiger partial charge in [-0.15, -0.1) is 11.8 Å². The lowest BCUT2D eigenvalue weighted by Gasteiger charge is -2.08. The Morgan fingerprint density at radius 3 is 2.44 bits per heavy atom. The van der Waals surface area contributed by atoms with Crippen LogP contribution in [0.3, 0.4) is 0 Å². The van der Waals surface area contributed by atoms with Crippen LogP contribution in [0.4, 0.5) is 0 Å². The van der Waals surface area contributed by atoms with E-state index in [1.807, 2.05) is 30.3 Å². The zero-order valence-corrected chi connectivity index (χ0v) is 16.7.